The number of nitrogens with zero attached hydrogens (tertiary/aromatic N) is 3. The summed E-state index contributed by atoms with van der Waals surface area (Å²) >= 11 is 0. The summed E-state index contributed by atoms with van der Waals surface area (Å²) in [6, 6.07) is 7.73. The third-order valence-electron chi connectivity index (χ3n) is 8.18. The highest BCUT2D eigenvalue weighted by Gasteiger charge is 2.45. The van der Waals surface area contributed by atoms with Gasteiger partial charge in [0.25, 0.3) is 11.9 Å². The topological polar surface area (TPSA) is 120 Å². The van der Waals surface area contributed by atoms with Gasteiger partial charge >= 0.3 is 0 Å². The molecule has 1 saturated heterocycles. The number of aromatic nitrogens is 2. The molecule has 3 aromatic rings. The number of carbonyl (C=O) groups excluding carboxylic acids is 1. The van der Waals surface area contributed by atoms with E-state index in [1.54, 1.807) is 17.3 Å². The first kappa shape index (κ1) is 31.0. The van der Waals surface area contributed by atoms with Gasteiger partial charge < -0.3 is 34.0 Å². The molecule has 232 valence electrons. The van der Waals surface area contributed by atoms with Crippen LogP contribution in [0.2, 0.25) is 31.9 Å². The van der Waals surface area contributed by atoms with Crippen LogP contribution in [0.4, 0.5) is 11.6 Å². The van der Waals surface area contributed by atoms with E-state index in [2.05, 4.69) is 70.7 Å². The quantitative estimate of drug-likeness (QED) is 0.239. The molecule has 1 fully saturated rings. The Balaban J connectivity index is 1.25. The molecule has 5 rings (SSSR count). The van der Waals surface area contributed by atoms with E-state index in [1.807, 2.05) is 0 Å². The first-order valence-electron chi connectivity index (χ1n) is 14.8. The van der Waals surface area contributed by atoms with Crippen LogP contribution in [0.3, 0.4) is 0 Å². The molecule has 0 atom stereocenters. The normalized spacial score (nSPS) is 17.3. The van der Waals surface area contributed by atoms with Gasteiger partial charge in [0.2, 0.25) is 17.7 Å². The number of nitrogens with one attached hydrogen (secondary N) is 2. The van der Waals surface area contributed by atoms with Crippen LogP contribution in [-0.4, -0.2) is 90.5 Å². The van der Waals surface area contributed by atoms with Crippen molar-refractivity contribution in [3.63, 3.8) is 0 Å². The zero-order chi connectivity index (χ0) is 30.8. The highest BCUT2D eigenvalue weighted by molar-refractivity contribution is 7.14. The van der Waals surface area contributed by atoms with E-state index in [4.69, 9.17) is 23.4 Å². The number of methoxy groups -OCH3 is 2. The maximum atomic E-state index is 13.2. The number of benzene rings is 1. The molecule has 1 aromatic carbocycles. The number of amides is 1. The van der Waals surface area contributed by atoms with Crippen molar-refractivity contribution < 1.29 is 28.2 Å². The Morgan fingerprint density at radius 3 is 2.30 bits per heavy atom. The van der Waals surface area contributed by atoms with Crippen molar-refractivity contribution in [2.45, 2.75) is 45.2 Å². The molecule has 2 N–H and O–H groups in total. The molecule has 0 saturated carbocycles. The van der Waals surface area contributed by atoms with E-state index in [1.165, 1.54) is 25.1 Å². The van der Waals surface area contributed by atoms with Gasteiger partial charge in [-0.2, -0.15) is 9.97 Å². The number of hydrogen-bond donors (Lipinski definition) is 2. The van der Waals surface area contributed by atoms with Crippen molar-refractivity contribution in [3.05, 3.63) is 35.6 Å². The van der Waals surface area contributed by atoms with Gasteiger partial charge in [-0.05, 0) is 37.6 Å². The highest BCUT2D eigenvalue weighted by Crippen LogP contribution is 2.34. The van der Waals surface area contributed by atoms with E-state index in [0.29, 0.717) is 12.5 Å². The van der Waals surface area contributed by atoms with Crippen LogP contribution in [0.1, 0.15) is 22.5 Å². The fraction of sp³-hybridized carbons (Fsp3) is 0.500. The second-order valence-corrected chi connectivity index (χ2v) is 22.5. The summed E-state index contributed by atoms with van der Waals surface area (Å²) in [6.45, 7) is 16.9. The third-order valence-corrected chi connectivity index (χ3v) is 19.2. The Bertz CT molecular complexity index is 1450. The van der Waals surface area contributed by atoms with Gasteiger partial charge in [0, 0.05) is 25.7 Å². The average Bonchev–Trinajstić information content (AvgIpc) is 3.51. The van der Waals surface area contributed by atoms with Gasteiger partial charge in [0.05, 0.1) is 43.6 Å². The smallest absolute Gasteiger partial charge is 0.291 e. The average molecular weight is 626 g/mol. The van der Waals surface area contributed by atoms with Crippen LogP contribution in [0.15, 0.2) is 28.7 Å². The van der Waals surface area contributed by atoms with Gasteiger partial charge in [0.15, 0.2) is 11.4 Å². The molecule has 0 bridgehead atoms. The second-order valence-electron chi connectivity index (χ2n) is 12.5. The monoisotopic (exact) mass is 625 g/mol. The van der Waals surface area contributed by atoms with Gasteiger partial charge in [-0.1, -0.05) is 48.3 Å². The number of fused-ring (bicyclic) bond motifs is 1. The summed E-state index contributed by atoms with van der Waals surface area (Å²) in [7, 11) is -0.00341. The Morgan fingerprint density at radius 2 is 1.65 bits per heavy atom. The summed E-state index contributed by atoms with van der Waals surface area (Å²) in [6.07, 6.45) is 0.916. The molecule has 4 heterocycles. The van der Waals surface area contributed by atoms with Crippen LogP contribution in [0.25, 0.3) is 0 Å². The van der Waals surface area contributed by atoms with Crippen molar-refractivity contribution >= 4 is 44.1 Å². The van der Waals surface area contributed by atoms with Gasteiger partial charge in [0.1, 0.15) is 5.75 Å². The van der Waals surface area contributed by atoms with Crippen LogP contribution in [-0.2, 0) is 4.74 Å². The molecule has 2 aliphatic rings. The highest BCUT2D eigenvalue weighted by atomic mass is 28.4. The first-order chi connectivity index (χ1) is 20.5. The number of ether oxygens (including phenoxy) is 4. The van der Waals surface area contributed by atoms with Crippen molar-refractivity contribution in [2.24, 2.45) is 0 Å². The Kier molecular flexibility index (Phi) is 9.16. The molecule has 0 unspecified atom stereocenters. The minimum Gasteiger partial charge on any atom is -0.479 e. The fourth-order valence-electron chi connectivity index (χ4n) is 6.22. The standard InChI is InChI=1S/C30H43N5O6Si2/c1-20-17-23-24(43(6,7)19-42(23,4)5)18-22(20)41-25-10-9-21(40-25)27(36)32-26-28(37-2)33-30(34-29(26)38-3)31-11-8-12-35-13-15-39-16-14-35/h9-10,17-18H,8,11-16,19H2,1-7H3,(H,32,36)(H,31,33,34). The molecule has 0 aliphatic carbocycles. The molecular weight excluding hydrogens is 583 g/mol. The molecule has 11 nitrogen and oxygen atoms in total. The van der Waals surface area contributed by atoms with Gasteiger partial charge in [-0.3, -0.25) is 9.69 Å². The van der Waals surface area contributed by atoms with E-state index >= 15 is 0 Å². The van der Waals surface area contributed by atoms with Gasteiger partial charge in [-0.15, -0.1) is 0 Å². The SMILES string of the molecule is COc1nc(NCCCN2CCOCC2)nc(OC)c1NC(=O)c1ccc(Oc2cc3c(cc2C)[Si](C)(C)C[Si]3(C)C)o1. The number of morpholine rings is 1. The van der Waals surface area contributed by atoms with Crippen LogP contribution in [0, 0.1) is 6.92 Å². The molecule has 13 heteroatoms. The number of aryl methyl sites for hydroxylation is 1. The minimum atomic E-state index is -1.52. The van der Waals surface area contributed by atoms with E-state index in [0.717, 1.165) is 50.6 Å². The number of hydrogen-bond acceptors (Lipinski definition) is 10. The summed E-state index contributed by atoms with van der Waals surface area (Å²) in [4.78, 5) is 24.4. The van der Waals surface area contributed by atoms with Crippen LogP contribution in [0.5, 0.6) is 23.5 Å². The first-order valence-corrected chi connectivity index (χ1v) is 21.2. The Morgan fingerprint density at radius 1 is 1.00 bits per heavy atom. The maximum Gasteiger partial charge on any atom is 0.291 e. The minimum absolute atomic E-state index is 0.0754. The summed E-state index contributed by atoms with van der Waals surface area (Å²) in [5.41, 5.74) is 2.61. The summed E-state index contributed by atoms with van der Waals surface area (Å²) in [5.74, 6) is 1.27. The zero-order valence-electron chi connectivity index (χ0n) is 26.3. The lowest BCUT2D eigenvalue weighted by atomic mass is 10.2. The van der Waals surface area contributed by atoms with Crippen LogP contribution < -0.4 is 35.2 Å². The Hall–Kier alpha value is -3.40. The summed E-state index contributed by atoms with van der Waals surface area (Å²) < 4.78 is 28.3. The lowest BCUT2D eigenvalue weighted by Gasteiger charge is -2.26. The van der Waals surface area contributed by atoms with E-state index in [-0.39, 0.29) is 29.2 Å². The number of carbonyl (C=O) groups is 1. The van der Waals surface area contributed by atoms with Crippen molar-refractivity contribution in [1.29, 1.82) is 0 Å². The third kappa shape index (κ3) is 6.90. The molecule has 43 heavy (non-hydrogen) atoms. The fourth-order valence-corrected chi connectivity index (χ4v) is 21.3. The van der Waals surface area contributed by atoms with Crippen molar-refractivity contribution in [1.82, 2.24) is 14.9 Å². The predicted octanol–water partition coefficient (Wildman–Crippen LogP) is 3.96. The second kappa shape index (κ2) is 12.7. The molecule has 0 spiro atoms. The number of anilines is 2. The lowest BCUT2D eigenvalue weighted by molar-refractivity contribution is 0.0378. The van der Waals surface area contributed by atoms with E-state index < -0.39 is 22.1 Å². The number of rotatable bonds is 11. The van der Waals surface area contributed by atoms with Crippen molar-refractivity contribution in [3.8, 4) is 23.5 Å². The Labute approximate surface area is 255 Å². The van der Waals surface area contributed by atoms with E-state index in [9.17, 15) is 4.79 Å². The molecule has 2 aliphatic heterocycles. The lowest BCUT2D eigenvalue weighted by Crippen LogP contribution is -2.44. The number of furan rings is 1. The van der Waals surface area contributed by atoms with Crippen LogP contribution >= 0.6 is 0 Å². The largest absolute Gasteiger partial charge is 0.479 e. The predicted molar refractivity (Wildman–Crippen MR) is 172 cm³/mol. The molecule has 2 aromatic heterocycles. The molecular formula is C30H43N5O6Si2. The van der Waals surface area contributed by atoms with Gasteiger partial charge in [-0.25, -0.2) is 0 Å². The van der Waals surface area contributed by atoms with Crippen molar-refractivity contribution in [2.75, 3.05) is 64.2 Å². The zero-order valence-corrected chi connectivity index (χ0v) is 28.3. The maximum absolute atomic E-state index is 13.2. The molecule has 0 radical (unpaired) electrons. The summed E-state index contributed by atoms with van der Waals surface area (Å²) in [5, 5.41) is 9.02. The molecule has 1 amide bonds.